The highest BCUT2D eigenvalue weighted by molar-refractivity contribution is 9.10. The number of benzene rings is 4. The second kappa shape index (κ2) is 16.8. The quantitative estimate of drug-likeness (QED) is 0.149. The molecule has 4 aromatic carbocycles. The van der Waals surface area contributed by atoms with Gasteiger partial charge in [-0.1, -0.05) is 95.9 Å². The number of hydrogen-bond donors (Lipinski definition) is 1. The number of amides is 2. The monoisotopic (exact) mass is 731 g/mol. The first-order valence-corrected chi connectivity index (χ1v) is 18.7. The molecule has 0 aromatic heterocycles. The molecule has 1 saturated carbocycles. The van der Waals surface area contributed by atoms with E-state index in [-0.39, 0.29) is 29.8 Å². The van der Waals surface area contributed by atoms with Gasteiger partial charge in [0.1, 0.15) is 18.3 Å². The van der Waals surface area contributed by atoms with Crippen molar-refractivity contribution in [1.29, 1.82) is 0 Å². The summed E-state index contributed by atoms with van der Waals surface area (Å²) in [4.78, 5) is 30.5. The van der Waals surface area contributed by atoms with Gasteiger partial charge in [0.15, 0.2) is 0 Å². The van der Waals surface area contributed by atoms with Crippen LogP contribution in [0.3, 0.4) is 0 Å². The Kier molecular flexibility index (Phi) is 12.3. The van der Waals surface area contributed by atoms with Crippen molar-refractivity contribution in [2.24, 2.45) is 0 Å². The number of nitrogens with zero attached hydrogens (tertiary/aromatic N) is 2. The normalized spacial score (nSPS) is 14.1. The van der Waals surface area contributed by atoms with E-state index in [1.54, 1.807) is 42.5 Å². The number of halogens is 1. The Hall–Kier alpha value is -4.15. The van der Waals surface area contributed by atoms with Crippen molar-refractivity contribution < 1.29 is 22.7 Å². The molecule has 1 aliphatic carbocycles. The molecule has 1 unspecified atom stereocenters. The first-order valence-electron chi connectivity index (χ1n) is 16.4. The van der Waals surface area contributed by atoms with Crippen molar-refractivity contribution in [2.75, 3.05) is 17.5 Å². The van der Waals surface area contributed by atoms with Crippen molar-refractivity contribution >= 4 is 43.5 Å². The van der Waals surface area contributed by atoms with E-state index in [1.165, 1.54) is 17.0 Å². The molecule has 1 aliphatic rings. The fourth-order valence-corrected chi connectivity index (χ4v) is 7.71. The van der Waals surface area contributed by atoms with Crippen LogP contribution in [0.4, 0.5) is 5.69 Å². The first-order chi connectivity index (χ1) is 23.2. The average Bonchev–Trinajstić information content (AvgIpc) is 3.11. The number of nitrogens with one attached hydrogen (secondary N) is 1. The maximum Gasteiger partial charge on any atom is 0.264 e. The van der Waals surface area contributed by atoms with E-state index in [9.17, 15) is 18.0 Å². The van der Waals surface area contributed by atoms with Crippen LogP contribution in [-0.2, 0) is 32.6 Å². The van der Waals surface area contributed by atoms with Gasteiger partial charge in [-0.05, 0) is 79.4 Å². The van der Waals surface area contributed by atoms with E-state index >= 15 is 0 Å². The lowest BCUT2D eigenvalue weighted by atomic mass is 9.94. The molecular weight excluding hydrogens is 690 g/mol. The number of rotatable bonds is 14. The molecule has 48 heavy (non-hydrogen) atoms. The minimum atomic E-state index is -4.18. The van der Waals surface area contributed by atoms with Gasteiger partial charge < -0.3 is 15.0 Å². The average molecular weight is 733 g/mol. The van der Waals surface area contributed by atoms with Gasteiger partial charge in [-0.2, -0.15) is 0 Å². The predicted molar refractivity (Wildman–Crippen MR) is 192 cm³/mol. The third kappa shape index (κ3) is 9.26. The molecular formula is C38H42BrN3O5S. The highest BCUT2D eigenvalue weighted by Crippen LogP contribution is 2.27. The SMILES string of the molecule is CCOc1ccc(N(CC(=O)N(Cc2ccc(Br)cc2)C(Cc2ccccc2)C(=O)NC2CCCCC2)S(=O)(=O)c2ccccc2)cc1. The largest absolute Gasteiger partial charge is 0.494 e. The fraction of sp³-hybridized carbons (Fsp3) is 0.316. The van der Waals surface area contributed by atoms with Gasteiger partial charge in [0.2, 0.25) is 11.8 Å². The number of carbonyl (C=O) groups is 2. The molecule has 1 N–H and O–H groups in total. The van der Waals surface area contributed by atoms with E-state index in [2.05, 4.69) is 21.2 Å². The summed E-state index contributed by atoms with van der Waals surface area (Å²) in [6.45, 7) is 1.93. The molecule has 1 fully saturated rings. The Balaban J connectivity index is 1.55. The molecule has 0 aliphatic heterocycles. The number of anilines is 1. The predicted octanol–water partition coefficient (Wildman–Crippen LogP) is 7.13. The smallest absolute Gasteiger partial charge is 0.264 e. The van der Waals surface area contributed by atoms with Gasteiger partial charge in [0.25, 0.3) is 10.0 Å². The fourth-order valence-electron chi connectivity index (χ4n) is 6.01. The highest BCUT2D eigenvalue weighted by Gasteiger charge is 2.35. The van der Waals surface area contributed by atoms with Crippen LogP contribution in [0, 0.1) is 0 Å². The summed E-state index contributed by atoms with van der Waals surface area (Å²) in [5.41, 5.74) is 2.02. The Morgan fingerprint density at radius 1 is 0.833 bits per heavy atom. The van der Waals surface area contributed by atoms with Crippen LogP contribution in [0.15, 0.2) is 119 Å². The van der Waals surface area contributed by atoms with Gasteiger partial charge in [0, 0.05) is 23.5 Å². The topological polar surface area (TPSA) is 96.0 Å². The van der Waals surface area contributed by atoms with E-state index < -0.39 is 28.5 Å². The summed E-state index contributed by atoms with van der Waals surface area (Å²) in [5, 5.41) is 3.24. The van der Waals surface area contributed by atoms with E-state index in [0.29, 0.717) is 18.0 Å². The van der Waals surface area contributed by atoms with Crippen molar-refractivity contribution in [3.05, 3.63) is 125 Å². The summed E-state index contributed by atoms with van der Waals surface area (Å²) in [7, 11) is -4.18. The van der Waals surface area contributed by atoms with Gasteiger partial charge in [-0.3, -0.25) is 13.9 Å². The molecule has 0 spiro atoms. The van der Waals surface area contributed by atoms with E-state index in [1.807, 2.05) is 61.5 Å². The Bertz CT molecular complexity index is 1730. The third-order valence-corrected chi connectivity index (χ3v) is 10.9. The second-order valence-electron chi connectivity index (χ2n) is 11.9. The zero-order valence-corrected chi connectivity index (χ0v) is 29.5. The summed E-state index contributed by atoms with van der Waals surface area (Å²) in [6.07, 6.45) is 5.30. The third-order valence-electron chi connectivity index (χ3n) is 8.53. The van der Waals surface area contributed by atoms with Gasteiger partial charge in [-0.25, -0.2) is 8.42 Å². The maximum atomic E-state index is 14.7. The molecule has 0 heterocycles. The van der Waals surface area contributed by atoms with Crippen LogP contribution in [0.2, 0.25) is 0 Å². The molecule has 252 valence electrons. The molecule has 8 nitrogen and oxygen atoms in total. The lowest BCUT2D eigenvalue weighted by Crippen LogP contribution is -2.55. The minimum absolute atomic E-state index is 0.0352. The number of ether oxygens (including phenoxy) is 1. The van der Waals surface area contributed by atoms with Crippen molar-refractivity contribution in [3.8, 4) is 5.75 Å². The van der Waals surface area contributed by atoms with Gasteiger partial charge in [0.05, 0.1) is 17.2 Å². The molecule has 10 heteroatoms. The van der Waals surface area contributed by atoms with Crippen LogP contribution in [0.5, 0.6) is 5.75 Å². The summed E-state index contributed by atoms with van der Waals surface area (Å²) >= 11 is 3.48. The zero-order valence-electron chi connectivity index (χ0n) is 27.1. The molecule has 0 bridgehead atoms. The highest BCUT2D eigenvalue weighted by atomic mass is 79.9. The van der Waals surface area contributed by atoms with Crippen molar-refractivity contribution in [1.82, 2.24) is 10.2 Å². The van der Waals surface area contributed by atoms with Gasteiger partial charge >= 0.3 is 0 Å². The summed E-state index contributed by atoms with van der Waals surface area (Å²) < 4.78 is 36.0. The molecule has 5 rings (SSSR count). The number of hydrogen-bond acceptors (Lipinski definition) is 5. The van der Waals surface area contributed by atoms with Crippen LogP contribution >= 0.6 is 15.9 Å². The Morgan fingerprint density at radius 2 is 1.46 bits per heavy atom. The first kappa shape index (κ1) is 35.2. The van der Waals surface area contributed by atoms with Gasteiger partial charge in [-0.15, -0.1) is 0 Å². The van der Waals surface area contributed by atoms with E-state index in [0.717, 1.165) is 52.0 Å². The minimum Gasteiger partial charge on any atom is -0.494 e. The summed E-state index contributed by atoms with van der Waals surface area (Å²) in [5.74, 6) is -0.149. The standard InChI is InChI=1S/C38H42BrN3O5S/c1-2-47-34-24-22-33(23-25-34)42(48(45,46)35-16-10-5-11-17-35)28-37(43)41(27-30-18-20-31(39)21-19-30)36(26-29-12-6-3-7-13-29)38(44)40-32-14-8-4-9-15-32/h3,5-7,10-13,16-25,32,36H,2,4,8-9,14-15,26-28H2,1H3,(H,40,44). The van der Waals surface area contributed by atoms with Crippen LogP contribution < -0.4 is 14.4 Å². The molecule has 1 atom stereocenters. The van der Waals surface area contributed by atoms with E-state index in [4.69, 9.17) is 4.74 Å². The van der Waals surface area contributed by atoms with Crippen LogP contribution in [-0.4, -0.2) is 50.4 Å². The molecule has 0 radical (unpaired) electrons. The molecule has 4 aromatic rings. The Morgan fingerprint density at radius 3 is 2.08 bits per heavy atom. The van der Waals surface area contributed by atoms with Crippen molar-refractivity contribution in [2.45, 2.75) is 69.0 Å². The molecule has 0 saturated heterocycles. The number of sulfonamides is 1. The summed E-state index contributed by atoms with van der Waals surface area (Å²) in [6, 6.07) is 31.0. The molecule has 2 amide bonds. The maximum absolute atomic E-state index is 14.7. The van der Waals surface area contributed by atoms with Crippen LogP contribution in [0.1, 0.15) is 50.2 Å². The lowest BCUT2D eigenvalue weighted by molar-refractivity contribution is -0.140. The second-order valence-corrected chi connectivity index (χ2v) is 14.7. The lowest BCUT2D eigenvalue weighted by Gasteiger charge is -2.35. The van der Waals surface area contributed by atoms with Crippen molar-refractivity contribution in [3.63, 3.8) is 0 Å². The van der Waals surface area contributed by atoms with Crippen LogP contribution in [0.25, 0.3) is 0 Å². The Labute approximate surface area is 292 Å². The number of carbonyl (C=O) groups excluding carboxylic acids is 2. The zero-order chi connectivity index (χ0) is 33.9.